The third-order valence-electron chi connectivity index (χ3n) is 4.58. The monoisotopic (exact) mass is 618 g/mol. The quantitative estimate of drug-likeness (QED) is 0.196. The molecule has 0 heterocycles. The van der Waals surface area contributed by atoms with E-state index < -0.39 is 0 Å². The summed E-state index contributed by atoms with van der Waals surface area (Å²) in [5.74, 6) is 0.0394. The molecule has 0 saturated carbocycles. The SMILES string of the molecule is O=C(Nc1cccc2ccccc12)c1ccc(N=Cc2cc(I)cc(I)c2O)cc1. The van der Waals surface area contributed by atoms with Crippen LogP contribution in [0.2, 0.25) is 0 Å². The van der Waals surface area contributed by atoms with Gasteiger partial charge in [-0.25, -0.2) is 0 Å². The van der Waals surface area contributed by atoms with E-state index >= 15 is 0 Å². The number of hydrogen-bond donors (Lipinski definition) is 2. The number of phenols is 1. The van der Waals surface area contributed by atoms with E-state index in [1.807, 2.05) is 54.6 Å². The molecule has 4 aromatic rings. The fourth-order valence-electron chi connectivity index (χ4n) is 3.06. The molecule has 4 nitrogen and oxygen atoms in total. The third kappa shape index (κ3) is 4.65. The van der Waals surface area contributed by atoms with Gasteiger partial charge in [0.15, 0.2) is 0 Å². The van der Waals surface area contributed by atoms with Gasteiger partial charge in [-0.15, -0.1) is 0 Å². The second kappa shape index (κ2) is 9.13. The van der Waals surface area contributed by atoms with Crippen LogP contribution in [0.15, 0.2) is 83.9 Å². The smallest absolute Gasteiger partial charge is 0.255 e. The molecule has 0 bridgehead atoms. The number of amides is 1. The highest BCUT2D eigenvalue weighted by Crippen LogP contribution is 2.27. The van der Waals surface area contributed by atoms with E-state index in [9.17, 15) is 9.90 Å². The summed E-state index contributed by atoms with van der Waals surface area (Å²) in [5.41, 5.74) is 2.69. The fraction of sp³-hybridized carbons (Fsp3) is 0. The van der Waals surface area contributed by atoms with Crippen molar-refractivity contribution < 1.29 is 9.90 Å². The Morgan fingerprint density at radius 3 is 2.47 bits per heavy atom. The largest absolute Gasteiger partial charge is 0.506 e. The number of carbonyl (C=O) groups is 1. The number of fused-ring (bicyclic) bond motifs is 1. The maximum Gasteiger partial charge on any atom is 0.255 e. The summed E-state index contributed by atoms with van der Waals surface area (Å²) in [6.07, 6.45) is 1.63. The van der Waals surface area contributed by atoms with E-state index in [0.29, 0.717) is 16.8 Å². The van der Waals surface area contributed by atoms with Crippen LogP contribution >= 0.6 is 45.2 Å². The van der Waals surface area contributed by atoms with Gasteiger partial charge in [-0.1, -0.05) is 36.4 Å². The van der Waals surface area contributed by atoms with Gasteiger partial charge < -0.3 is 10.4 Å². The number of phenolic OH excluding ortho intramolecular Hbond substituents is 1. The molecule has 148 valence electrons. The van der Waals surface area contributed by atoms with Gasteiger partial charge in [0.1, 0.15) is 5.75 Å². The topological polar surface area (TPSA) is 61.7 Å². The number of benzene rings is 4. The Morgan fingerprint density at radius 1 is 0.933 bits per heavy atom. The number of rotatable bonds is 4. The zero-order valence-corrected chi connectivity index (χ0v) is 20.0. The van der Waals surface area contributed by atoms with Gasteiger partial charge in [-0.05, 0) is 93.0 Å². The van der Waals surface area contributed by atoms with Crippen LogP contribution in [0, 0.1) is 7.14 Å². The molecule has 4 aromatic carbocycles. The lowest BCUT2D eigenvalue weighted by Crippen LogP contribution is -2.11. The Kier molecular flexibility index (Phi) is 6.33. The minimum Gasteiger partial charge on any atom is -0.506 e. The Bertz CT molecular complexity index is 1260. The lowest BCUT2D eigenvalue weighted by atomic mass is 10.1. The van der Waals surface area contributed by atoms with Crippen LogP contribution in [0.25, 0.3) is 10.8 Å². The summed E-state index contributed by atoms with van der Waals surface area (Å²) in [4.78, 5) is 17.1. The number of nitrogens with one attached hydrogen (secondary N) is 1. The van der Waals surface area contributed by atoms with Crippen molar-refractivity contribution in [3.05, 3.63) is 97.1 Å². The van der Waals surface area contributed by atoms with Crippen LogP contribution in [0.4, 0.5) is 11.4 Å². The van der Waals surface area contributed by atoms with E-state index in [4.69, 9.17) is 0 Å². The number of aliphatic imine (C=N–C) groups is 1. The number of aromatic hydroxyl groups is 1. The first-order valence-corrected chi connectivity index (χ1v) is 11.3. The molecule has 0 fully saturated rings. The minimum absolute atomic E-state index is 0.174. The molecular weight excluding hydrogens is 602 g/mol. The Labute approximate surface area is 201 Å². The maximum atomic E-state index is 12.7. The third-order valence-corrected chi connectivity index (χ3v) is 6.02. The average molecular weight is 618 g/mol. The number of carbonyl (C=O) groups excluding carboxylic acids is 1. The van der Waals surface area contributed by atoms with Crippen LogP contribution in [0.1, 0.15) is 15.9 Å². The highest BCUT2D eigenvalue weighted by atomic mass is 127. The number of nitrogens with zero attached hydrogens (tertiary/aromatic N) is 1. The number of halogens is 2. The van der Waals surface area contributed by atoms with Crippen molar-refractivity contribution in [1.82, 2.24) is 0 Å². The summed E-state index contributed by atoms with van der Waals surface area (Å²) in [7, 11) is 0. The normalized spacial score (nSPS) is 11.1. The zero-order valence-electron chi connectivity index (χ0n) is 15.6. The van der Waals surface area contributed by atoms with Gasteiger partial charge in [0.05, 0.1) is 9.26 Å². The van der Waals surface area contributed by atoms with Gasteiger partial charge in [0.2, 0.25) is 0 Å². The molecule has 0 radical (unpaired) electrons. The van der Waals surface area contributed by atoms with Gasteiger partial charge in [-0.3, -0.25) is 9.79 Å². The molecule has 0 atom stereocenters. The molecule has 0 aliphatic heterocycles. The molecule has 1 amide bonds. The lowest BCUT2D eigenvalue weighted by molar-refractivity contribution is 0.102. The van der Waals surface area contributed by atoms with E-state index in [0.717, 1.165) is 23.6 Å². The summed E-state index contributed by atoms with van der Waals surface area (Å²) in [6.45, 7) is 0. The maximum absolute atomic E-state index is 12.7. The Balaban J connectivity index is 1.51. The first-order chi connectivity index (χ1) is 14.5. The minimum atomic E-state index is -0.174. The first-order valence-electron chi connectivity index (χ1n) is 9.12. The van der Waals surface area contributed by atoms with Crippen LogP contribution in [-0.4, -0.2) is 17.2 Å². The number of anilines is 1. The van der Waals surface area contributed by atoms with E-state index in [1.165, 1.54) is 0 Å². The van der Waals surface area contributed by atoms with Crippen molar-refractivity contribution in [3.8, 4) is 5.75 Å². The Hall–Kier alpha value is -2.46. The summed E-state index contributed by atoms with van der Waals surface area (Å²) in [6, 6.07) is 24.6. The van der Waals surface area contributed by atoms with Crippen molar-refractivity contribution in [2.24, 2.45) is 4.99 Å². The molecule has 0 aliphatic carbocycles. The molecular formula is C24H16I2N2O2. The van der Waals surface area contributed by atoms with Crippen molar-refractivity contribution in [3.63, 3.8) is 0 Å². The van der Waals surface area contributed by atoms with Crippen LogP contribution in [-0.2, 0) is 0 Å². The van der Waals surface area contributed by atoms with Crippen molar-refractivity contribution in [1.29, 1.82) is 0 Å². The lowest BCUT2D eigenvalue weighted by Gasteiger charge is -2.09. The first kappa shape index (κ1) is 20.8. The molecule has 0 unspecified atom stereocenters. The summed E-state index contributed by atoms with van der Waals surface area (Å²) >= 11 is 4.30. The Morgan fingerprint density at radius 2 is 1.67 bits per heavy atom. The second-order valence-corrected chi connectivity index (χ2v) is 9.02. The van der Waals surface area contributed by atoms with Crippen LogP contribution < -0.4 is 5.32 Å². The molecule has 0 aromatic heterocycles. The summed E-state index contributed by atoms with van der Waals surface area (Å²) < 4.78 is 1.80. The highest BCUT2D eigenvalue weighted by molar-refractivity contribution is 14.1. The molecule has 0 aliphatic rings. The molecule has 2 N–H and O–H groups in total. The van der Waals surface area contributed by atoms with E-state index in [2.05, 4.69) is 55.5 Å². The summed E-state index contributed by atoms with van der Waals surface area (Å²) in [5, 5.41) is 15.2. The average Bonchev–Trinajstić information content (AvgIpc) is 2.76. The number of hydrogen-bond acceptors (Lipinski definition) is 3. The van der Waals surface area contributed by atoms with Gasteiger partial charge >= 0.3 is 0 Å². The molecule has 4 rings (SSSR count). The van der Waals surface area contributed by atoms with E-state index in [-0.39, 0.29) is 11.7 Å². The predicted octanol–water partition coefficient (Wildman–Crippen LogP) is 6.76. The predicted molar refractivity (Wildman–Crippen MR) is 139 cm³/mol. The van der Waals surface area contributed by atoms with Gasteiger partial charge in [0.25, 0.3) is 5.91 Å². The van der Waals surface area contributed by atoms with Gasteiger partial charge in [0, 0.05) is 32.0 Å². The van der Waals surface area contributed by atoms with E-state index in [1.54, 1.807) is 30.5 Å². The molecule has 0 saturated heterocycles. The molecule has 30 heavy (non-hydrogen) atoms. The standard InChI is InChI=1S/C24H16I2N2O2/c25-18-12-17(23(29)21(26)13-18)14-27-19-10-8-16(9-11-19)24(30)28-22-7-3-5-15-4-1-2-6-20(15)22/h1-14,29H,(H,28,30). The van der Waals surface area contributed by atoms with Crippen LogP contribution in [0.5, 0.6) is 5.75 Å². The molecule has 0 spiro atoms. The van der Waals surface area contributed by atoms with Gasteiger partial charge in [-0.2, -0.15) is 0 Å². The van der Waals surface area contributed by atoms with Crippen molar-refractivity contribution in [2.75, 3.05) is 5.32 Å². The highest BCUT2D eigenvalue weighted by Gasteiger charge is 2.09. The van der Waals surface area contributed by atoms with Crippen LogP contribution in [0.3, 0.4) is 0 Å². The van der Waals surface area contributed by atoms with Crippen molar-refractivity contribution >= 4 is 79.5 Å². The van der Waals surface area contributed by atoms with Crippen molar-refractivity contribution in [2.45, 2.75) is 0 Å². The second-order valence-electron chi connectivity index (χ2n) is 6.61. The fourth-order valence-corrected chi connectivity index (χ4v) is 4.95. The zero-order chi connectivity index (χ0) is 21.1. The molecule has 6 heteroatoms.